The van der Waals surface area contributed by atoms with Gasteiger partial charge in [0.05, 0.1) is 29.1 Å². The molecule has 0 unspecified atom stereocenters. The van der Waals surface area contributed by atoms with Gasteiger partial charge in [0.2, 0.25) is 0 Å². The Morgan fingerprint density at radius 2 is 2.44 bits per heavy atom. The molecule has 0 radical (unpaired) electrons. The van der Waals surface area contributed by atoms with Crippen molar-refractivity contribution in [3.63, 3.8) is 0 Å². The number of rotatable bonds is 0. The Kier molecular flexibility index (Phi) is 1.65. The van der Waals surface area contributed by atoms with Gasteiger partial charge in [-0.15, -0.1) is 0 Å². The lowest BCUT2D eigenvalue weighted by Crippen LogP contribution is -2.19. The zero-order valence-electron chi connectivity index (χ0n) is 4.28. The number of hydrogen-bond acceptors (Lipinski definition) is 4. The van der Waals surface area contributed by atoms with E-state index in [1.54, 1.807) is 22.9 Å². The topological polar surface area (TPSA) is 73.8 Å². The van der Waals surface area contributed by atoms with Gasteiger partial charge in [0.15, 0.2) is 0 Å². The van der Waals surface area contributed by atoms with Crippen molar-refractivity contribution in [3.8, 4) is 0 Å². The molecule has 6 heteroatoms. The molecule has 0 aromatic carbocycles. The second kappa shape index (κ2) is 2.29. The highest BCUT2D eigenvalue weighted by Gasteiger charge is 1.91. The van der Waals surface area contributed by atoms with Crippen LogP contribution in [0.5, 0.6) is 0 Å². The smallest absolute Gasteiger partial charge is 0.375 e. The van der Waals surface area contributed by atoms with Gasteiger partial charge in [0.25, 0.3) is 0 Å². The fourth-order valence-electron chi connectivity index (χ4n) is 0.340. The van der Waals surface area contributed by atoms with E-state index in [1.165, 1.54) is 6.20 Å². The molecule has 0 aliphatic carbocycles. The first-order valence-electron chi connectivity index (χ1n) is 2.08. The Labute approximate surface area is 64.4 Å². The third kappa shape index (κ3) is 1.37. The van der Waals surface area contributed by atoms with Crippen LogP contribution < -0.4 is 11.4 Å². The average molecular weight is 238 g/mol. The van der Waals surface area contributed by atoms with Crippen LogP contribution in [0.2, 0.25) is 0 Å². The van der Waals surface area contributed by atoms with Gasteiger partial charge in [-0.3, -0.25) is 0 Å². The predicted octanol–water partition coefficient (Wildman–Crippen LogP) is -0.581. The number of hydrogen-bond donors (Lipinski definition) is 1. The number of nitrogens with zero attached hydrogens (tertiary/aromatic N) is 3. The van der Waals surface area contributed by atoms with E-state index in [0.717, 1.165) is 2.90 Å². The summed E-state index contributed by atoms with van der Waals surface area (Å²) in [5.74, 6) is 0.146. The maximum absolute atomic E-state index is 10.5. The van der Waals surface area contributed by atoms with Crippen molar-refractivity contribution in [2.24, 2.45) is 0 Å². The van der Waals surface area contributed by atoms with Crippen LogP contribution in [0.3, 0.4) is 0 Å². The van der Waals surface area contributed by atoms with Crippen LogP contribution in [0.1, 0.15) is 0 Å². The van der Waals surface area contributed by atoms with E-state index in [4.69, 9.17) is 5.73 Å². The number of halogens is 1. The molecule has 2 N–H and O–H groups in total. The Morgan fingerprint density at radius 3 is 2.89 bits per heavy atom. The van der Waals surface area contributed by atoms with Gasteiger partial charge in [-0.1, -0.05) is 0 Å². The first kappa shape index (κ1) is 6.46. The van der Waals surface area contributed by atoms with Gasteiger partial charge in [-0.2, -0.15) is 13.0 Å². The van der Waals surface area contributed by atoms with Crippen LogP contribution in [0.25, 0.3) is 0 Å². The minimum absolute atomic E-state index is 0.146. The minimum atomic E-state index is -0.449. The van der Waals surface area contributed by atoms with Crippen molar-refractivity contribution in [1.29, 1.82) is 0 Å². The van der Waals surface area contributed by atoms with Crippen molar-refractivity contribution < 1.29 is 0 Å². The Hall–Kier alpha value is -0.660. The van der Waals surface area contributed by atoms with E-state index in [1.807, 2.05) is 0 Å². The normalized spacial score (nSPS) is 9.44. The van der Waals surface area contributed by atoms with Crippen LogP contribution in [-0.4, -0.2) is 13.0 Å². The molecule has 5 nitrogen and oxygen atoms in total. The summed E-state index contributed by atoms with van der Waals surface area (Å²) >= 11 is 1.72. The van der Waals surface area contributed by atoms with Crippen molar-refractivity contribution >= 4 is 28.7 Å². The molecule has 0 atom stereocenters. The lowest BCUT2D eigenvalue weighted by atomic mass is 10.8. The third-order valence-electron chi connectivity index (χ3n) is 0.674. The lowest BCUT2D eigenvalue weighted by molar-refractivity contribution is 0.895. The molecule has 0 fully saturated rings. The van der Waals surface area contributed by atoms with Crippen molar-refractivity contribution in [2.45, 2.75) is 0 Å². The van der Waals surface area contributed by atoms with E-state index in [2.05, 4.69) is 10.1 Å². The van der Waals surface area contributed by atoms with Gasteiger partial charge in [-0.25, -0.2) is 4.79 Å². The molecule has 0 amide bonds. The van der Waals surface area contributed by atoms with Crippen LogP contribution in [0, 0.1) is 0 Å². The van der Waals surface area contributed by atoms with E-state index in [-0.39, 0.29) is 5.82 Å². The number of anilines is 1. The summed E-state index contributed by atoms with van der Waals surface area (Å²) in [7, 11) is 0. The van der Waals surface area contributed by atoms with Crippen molar-refractivity contribution in [1.82, 2.24) is 13.0 Å². The Bertz CT molecular complexity index is 269. The summed E-state index contributed by atoms with van der Waals surface area (Å²) in [6.07, 6.45) is 1.31. The largest absolute Gasteiger partial charge is 0.382 e. The molecule has 1 aromatic heterocycles. The van der Waals surface area contributed by atoms with Crippen LogP contribution in [0.4, 0.5) is 5.82 Å². The molecule has 1 rings (SSSR count). The summed E-state index contributed by atoms with van der Waals surface area (Å²) in [4.78, 5) is 13.9. The number of aromatic nitrogens is 3. The first-order chi connectivity index (χ1) is 4.20. The molecule has 0 aliphatic rings. The zero-order valence-corrected chi connectivity index (χ0v) is 6.44. The highest BCUT2D eigenvalue weighted by atomic mass is 127. The van der Waals surface area contributed by atoms with Gasteiger partial charge >= 0.3 is 5.69 Å². The molecule has 9 heavy (non-hydrogen) atoms. The zero-order chi connectivity index (χ0) is 6.85. The summed E-state index contributed by atoms with van der Waals surface area (Å²) in [5, 5.41) is 3.58. The average Bonchev–Trinajstić information content (AvgIpc) is 1.80. The second-order valence-electron chi connectivity index (χ2n) is 1.32. The minimum Gasteiger partial charge on any atom is -0.382 e. The molecule has 48 valence electrons. The fraction of sp³-hybridized carbons (Fsp3) is 0. The molecule has 0 bridgehead atoms. The third-order valence-corrected chi connectivity index (χ3v) is 1.34. The second-order valence-corrected chi connectivity index (χ2v) is 2.24. The number of nitrogen functional groups attached to an aromatic ring is 1. The summed E-state index contributed by atoms with van der Waals surface area (Å²) in [6, 6.07) is 0. The molecule has 1 aromatic rings. The van der Waals surface area contributed by atoms with E-state index < -0.39 is 5.69 Å². The summed E-state index contributed by atoms with van der Waals surface area (Å²) < 4.78 is 1.08. The van der Waals surface area contributed by atoms with E-state index in [0.29, 0.717) is 0 Å². The van der Waals surface area contributed by atoms with Crippen LogP contribution in [-0.2, 0) is 0 Å². The summed E-state index contributed by atoms with van der Waals surface area (Å²) in [6.45, 7) is 0. The molecule has 0 saturated heterocycles. The van der Waals surface area contributed by atoms with Crippen molar-refractivity contribution in [2.75, 3.05) is 5.73 Å². The molecule has 0 spiro atoms. The van der Waals surface area contributed by atoms with Crippen molar-refractivity contribution in [3.05, 3.63) is 16.7 Å². The van der Waals surface area contributed by atoms with Gasteiger partial charge in [0, 0.05) is 0 Å². The lowest BCUT2D eigenvalue weighted by Gasteiger charge is -1.89. The number of nitrogens with two attached hydrogens (primary N) is 1. The van der Waals surface area contributed by atoms with Crippen LogP contribution in [0.15, 0.2) is 11.0 Å². The van der Waals surface area contributed by atoms with Gasteiger partial charge in [-0.05, 0) is 0 Å². The van der Waals surface area contributed by atoms with Gasteiger partial charge < -0.3 is 5.73 Å². The SMILES string of the molecule is Nc1cnn(I)c(=O)n1. The molecular weight excluding hydrogens is 235 g/mol. The quantitative estimate of drug-likeness (QED) is 0.613. The molecule has 0 saturated carbocycles. The standard InChI is InChI=1S/C3H3IN4O/c4-8-3(9)7-2(5)1-6-8/h1H,(H2,5,7,9). The predicted molar refractivity (Wildman–Crippen MR) is 40.1 cm³/mol. The van der Waals surface area contributed by atoms with E-state index in [9.17, 15) is 4.79 Å². The monoisotopic (exact) mass is 238 g/mol. The molecular formula is C3H3IN4O. The van der Waals surface area contributed by atoms with Crippen LogP contribution >= 0.6 is 22.9 Å². The Morgan fingerprint density at radius 1 is 1.78 bits per heavy atom. The fourth-order valence-corrected chi connectivity index (χ4v) is 0.572. The van der Waals surface area contributed by atoms with E-state index >= 15 is 0 Å². The van der Waals surface area contributed by atoms with Gasteiger partial charge in [0.1, 0.15) is 5.82 Å². The maximum Gasteiger partial charge on any atom is 0.375 e. The molecule has 1 heterocycles. The Balaban J connectivity index is 3.34. The highest BCUT2D eigenvalue weighted by Crippen LogP contribution is 1.86. The summed E-state index contributed by atoms with van der Waals surface area (Å²) in [5.41, 5.74) is 4.69. The highest BCUT2D eigenvalue weighted by molar-refractivity contribution is 14.1. The maximum atomic E-state index is 10.5. The molecule has 0 aliphatic heterocycles. The first-order valence-corrected chi connectivity index (χ1v) is 3.04.